The number of nitro groups is 1. The minimum absolute atomic E-state index is 0.0856. The van der Waals surface area contributed by atoms with Gasteiger partial charge in [-0.15, -0.1) is 0 Å². The van der Waals surface area contributed by atoms with Crippen LogP contribution in [0.5, 0.6) is 0 Å². The van der Waals surface area contributed by atoms with Crippen LogP contribution in [0.25, 0.3) is 76.7 Å². The zero-order valence-corrected chi connectivity index (χ0v) is 30.9. The molecule has 266 valence electrons. The fraction of sp³-hybridized carbons (Fsp3) is 0. The van der Waals surface area contributed by atoms with Gasteiger partial charge in [0.1, 0.15) is 15.8 Å². The minimum Gasteiger partial charge on any atom is -0.400 e. The van der Waals surface area contributed by atoms with Gasteiger partial charge in [-0.2, -0.15) is 0 Å². The average Bonchev–Trinajstić information content (AvgIpc) is 3.68. The largest absolute Gasteiger partial charge is 0.445 e. The van der Waals surface area contributed by atoms with E-state index in [1.807, 2.05) is 146 Å². The molecule has 1 aromatic heterocycles. The highest BCUT2D eigenvalue weighted by atomic mass is 31.2. The summed E-state index contributed by atoms with van der Waals surface area (Å²) in [6.45, 7) is 0. The van der Waals surface area contributed by atoms with Crippen LogP contribution in [0.4, 0.5) is 5.88 Å². The molecule has 0 N–H and O–H groups in total. The Morgan fingerprint density at radius 2 is 0.946 bits per heavy atom. The molecule has 0 saturated carbocycles. The van der Waals surface area contributed by atoms with Gasteiger partial charge in [0, 0.05) is 21.4 Å². The second-order valence-electron chi connectivity index (χ2n) is 14.0. The molecule has 0 amide bonds. The van der Waals surface area contributed by atoms with Gasteiger partial charge in [0.2, 0.25) is 0 Å². The van der Waals surface area contributed by atoms with E-state index in [1.54, 1.807) is 6.07 Å². The van der Waals surface area contributed by atoms with Crippen molar-refractivity contribution < 1.29 is 13.9 Å². The third kappa shape index (κ3) is 5.36. The molecule has 6 heteroatoms. The van der Waals surface area contributed by atoms with E-state index in [4.69, 9.17) is 4.42 Å². The van der Waals surface area contributed by atoms with E-state index in [0.717, 1.165) is 65.7 Å². The average molecular weight is 742 g/mol. The van der Waals surface area contributed by atoms with E-state index < -0.39 is 17.9 Å². The van der Waals surface area contributed by atoms with Crippen LogP contribution >= 0.6 is 7.14 Å². The molecule has 0 saturated heterocycles. The van der Waals surface area contributed by atoms with Crippen molar-refractivity contribution in [1.29, 1.82) is 0 Å². The Bertz CT molecular complexity index is 3070. The Hall–Kier alpha value is -7.07. The summed E-state index contributed by atoms with van der Waals surface area (Å²) in [5.74, 6) is -0.520. The van der Waals surface area contributed by atoms with Crippen molar-refractivity contribution in [3.8, 4) is 33.4 Å². The number of rotatable bonds is 7. The molecule has 5 nitrogen and oxygen atoms in total. The predicted octanol–water partition coefficient (Wildman–Crippen LogP) is 12.4. The SMILES string of the molecule is O=[N+]([O-])c1oc2ccc3c(-c4ccccc4)cc4ccc5ccccc5c4c3c2c1P(=O)(c1ccc(-c2ccccc2)cc1)c1ccc(-c2ccccc2)cc1. The summed E-state index contributed by atoms with van der Waals surface area (Å²) in [6.07, 6.45) is 0. The van der Waals surface area contributed by atoms with E-state index in [0.29, 0.717) is 21.6 Å². The summed E-state index contributed by atoms with van der Waals surface area (Å²) in [5, 5.41) is 20.3. The lowest BCUT2D eigenvalue weighted by molar-refractivity contribution is -0.400. The Kier molecular flexibility index (Phi) is 7.98. The van der Waals surface area contributed by atoms with Crippen molar-refractivity contribution in [3.63, 3.8) is 0 Å². The molecule has 10 rings (SSSR count). The number of benzene rings is 9. The van der Waals surface area contributed by atoms with Crippen LogP contribution in [0.1, 0.15) is 0 Å². The van der Waals surface area contributed by atoms with Gasteiger partial charge in [-0.05, 0) is 78.5 Å². The molecule has 1 heterocycles. The predicted molar refractivity (Wildman–Crippen MR) is 231 cm³/mol. The van der Waals surface area contributed by atoms with Crippen LogP contribution in [0.15, 0.2) is 199 Å². The number of hydrogen-bond donors (Lipinski definition) is 0. The number of nitrogens with zero attached hydrogens (tertiary/aromatic N) is 1. The fourth-order valence-electron chi connectivity index (χ4n) is 8.24. The van der Waals surface area contributed by atoms with E-state index in [-0.39, 0.29) is 5.30 Å². The molecule has 0 aliphatic carbocycles. The maximum absolute atomic E-state index is 16.7. The van der Waals surface area contributed by atoms with Gasteiger partial charge in [0.25, 0.3) is 0 Å². The summed E-state index contributed by atoms with van der Waals surface area (Å²) < 4.78 is 23.0. The summed E-state index contributed by atoms with van der Waals surface area (Å²) in [4.78, 5) is 12.7. The number of furan rings is 1. The van der Waals surface area contributed by atoms with E-state index in [9.17, 15) is 10.1 Å². The molecule has 10 aromatic rings. The second kappa shape index (κ2) is 13.3. The zero-order chi connectivity index (χ0) is 37.8. The van der Waals surface area contributed by atoms with Crippen LogP contribution in [0.3, 0.4) is 0 Å². The lowest BCUT2D eigenvalue weighted by Crippen LogP contribution is -2.26. The minimum atomic E-state index is -4.05. The lowest BCUT2D eigenvalue weighted by atomic mass is 9.89. The molecule has 0 fully saturated rings. The van der Waals surface area contributed by atoms with Crippen molar-refractivity contribution in [2.45, 2.75) is 0 Å². The van der Waals surface area contributed by atoms with Crippen LogP contribution < -0.4 is 15.9 Å². The van der Waals surface area contributed by atoms with Crippen LogP contribution in [0.2, 0.25) is 0 Å². The summed E-state index contributed by atoms with van der Waals surface area (Å²) >= 11 is 0. The fourth-order valence-corrected chi connectivity index (χ4v) is 11.1. The smallest absolute Gasteiger partial charge is 0.400 e. The Labute approximate surface area is 322 Å². The molecule has 0 spiro atoms. The third-order valence-corrected chi connectivity index (χ3v) is 14.0. The highest BCUT2D eigenvalue weighted by molar-refractivity contribution is 7.86. The molecule has 9 aromatic carbocycles. The lowest BCUT2D eigenvalue weighted by Gasteiger charge is -2.20. The quantitative estimate of drug-likeness (QED) is 0.0705. The summed E-state index contributed by atoms with van der Waals surface area (Å²) in [5.41, 5.74) is 6.19. The van der Waals surface area contributed by atoms with E-state index >= 15 is 4.57 Å². The van der Waals surface area contributed by atoms with E-state index in [1.165, 1.54) is 0 Å². The Balaban J connectivity index is 1.36. The first-order valence-corrected chi connectivity index (χ1v) is 20.2. The molecule has 0 bridgehead atoms. The topological polar surface area (TPSA) is 73.3 Å². The van der Waals surface area contributed by atoms with Crippen molar-refractivity contribution in [2.24, 2.45) is 0 Å². The van der Waals surface area contributed by atoms with Gasteiger partial charge in [-0.1, -0.05) is 176 Å². The molecule has 0 radical (unpaired) electrons. The Morgan fingerprint density at radius 1 is 0.446 bits per heavy atom. The molecule has 0 aliphatic heterocycles. The monoisotopic (exact) mass is 741 g/mol. The standard InChI is InChI=1S/C50H32NO4P/c52-51(53)50-49(56(54,40-26-22-35(23-27-40)33-12-4-1-5-13-33)41-28-24-36(25-29-41)34-14-6-2-7-15-34)48-45(55-50)31-30-43-44(37-16-8-3-9-17-37)32-39-21-20-38-18-10-11-19-42(38)46(39)47(43)48/h1-32H. The van der Waals surface area contributed by atoms with E-state index in [2.05, 4.69) is 42.5 Å². The summed E-state index contributed by atoms with van der Waals surface area (Å²) in [7, 11) is -4.05. The first-order chi connectivity index (χ1) is 27.5. The van der Waals surface area contributed by atoms with Crippen molar-refractivity contribution in [1.82, 2.24) is 0 Å². The molecule has 56 heavy (non-hydrogen) atoms. The third-order valence-electron chi connectivity index (χ3n) is 10.9. The number of fused-ring (bicyclic) bond motifs is 7. The van der Waals surface area contributed by atoms with Crippen molar-refractivity contribution >= 4 is 72.2 Å². The molecule has 0 unspecified atom stereocenters. The molecule has 0 aliphatic rings. The maximum atomic E-state index is 16.7. The second-order valence-corrected chi connectivity index (χ2v) is 16.7. The molecular formula is C50H32NO4P. The maximum Gasteiger partial charge on any atom is 0.445 e. The van der Waals surface area contributed by atoms with Crippen molar-refractivity contribution in [3.05, 3.63) is 204 Å². The zero-order valence-electron chi connectivity index (χ0n) is 30.0. The van der Waals surface area contributed by atoms with Crippen molar-refractivity contribution in [2.75, 3.05) is 0 Å². The van der Waals surface area contributed by atoms with Gasteiger partial charge < -0.3 is 8.98 Å². The molecular weight excluding hydrogens is 710 g/mol. The normalized spacial score (nSPS) is 11.8. The number of hydrogen-bond acceptors (Lipinski definition) is 4. The van der Waals surface area contributed by atoms with Gasteiger partial charge in [0.15, 0.2) is 7.14 Å². The van der Waals surface area contributed by atoms with Gasteiger partial charge in [0.05, 0.1) is 0 Å². The first-order valence-electron chi connectivity index (χ1n) is 18.5. The van der Waals surface area contributed by atoms with Crippen LogP contribution in [-0.4, -0.2) is 4.92 Å². The Morgan fingerprint density at radius 3 is 1.52 bits per heavy atom. The highest BCUT2D eigenvalue weighted by Crippen LogP contribution is 2.52. The van der Waals surface area contributed by atoms with Gasteiger partial charge >= 0.3 is 5.88 Å². The van der Waals surface area contributed by atoms with Crippen LogP contribution in [-0.2, 0) is 4.57 Å². The highest BCUT2D eigenvalue weighted by Gasteiger charge is 2.42. The molecule has 0 atom stereocenters. The summed E-state index contributed by atoms with van der Waals surface area (Å²) in [6, 6.07) is 63.6. The van der Waals surface area contributed by atoms with Gasteiger partial charge in [-0.25, -0.2) is 0 Å². The first kappa shape index (κ1) is 33.5. The van der Waals surface area contributed by atoms with Gasteiger partial charge in [-0.3, -0.25) is 10.1 Å². The van der Waals surface area contributed by atoms with Crippen LogP contribution in [0, 0.1) is 10.1 Å².